The third-order valence-corrected chi connectivity index (χ3v) is 3.90. The highest BCUT2D eigenvalue weighted by Gasteiger charge is 2.48. The molecule has 0 aromatic heterocycles. The van der Waals surface area contributed by atoms with Crippen LogP contribution in [-0.4, -0.2) is 65.1 Å². The lowest BCUT2D eigenvalue weighted by molar-refractivity contribution is -0.144. The second-order valence-corrected chi connectivity index (χ2v) is 5.52. The maximum Gasteiger partial charge on any atom is 0.334 e. The van der Waals surface area contributed by atoms with E-state index in [-0.39, 0.29) is 18.5 Å². The molecule has 0 unspecified atom stereocenters. The minimum absolute atomic E-state index is 0.247. The highest BCUT2D eigenvalue weighted by molar-refractivity contribution is 6.45. The van der Waals surface area contributed by atoms with Crippen molar-refractivity contribution < 1.29 is 24.0 Å². The molecule has 1 aliphatic carbocycles. The summed E-state index contributed by atoms with van der Waals surface area (Å²) in [5, 5.41) is 4.81. The van der Waals surface area contributed by atoms with E-state index >= 15 is 0 Å². The first-order valence-electron chi connectivity index (χ1n) is 7.68. The van der Waals surface area contributed by atoms with Crippen molar-refractivity contribution in [2.24, 2.45) is 0 Å². The quantitative estimate of drug-likeness (QED) is 0.479. The van der Waals surface area contributed by atoms with Gasteiger partial charge in [0, 0.05) is 12.6 Å². The van der Waals surface area contributed by atoms with Crippen molar-refractivity contribution in [3.05, 3.63) is 0 Å². The molecule has 9 nitrogen and oxygen atoms in total. The average molecular weight is 324 g/mol. The number of amides is 6. The smallest absolute Gasteiger partial charge is 0.334 e. The number of likely N-dealkylation sites (N-methyl/N-ethyl adjacent to an activating group) is 1. The SMILES string of the molecule is CCNC(=O)CNC(=O)CN1C(=O)C(=O)N(C2CCCC2)C1=O. The summed E-state index contributed by atoms with van der Waals surface area (Å²) >= 11 is 0. The van der Waals surface area contributed by atoms with Crippen LogP contribution in [0.2, 0.25) is 0 Å². The van der Waals surface area contributed by atoms with E-state index in [1.54, 1.807) is 6.92 Å². The lowest BCUT2D eigenvalue weighted by Gasteiger charge is -2.20. The van der Waals surface area contributed by atoms with Gasteiger partial charge in [0.05, 0.1) is 6.54 Å². The lowest BCUT2D eigenvalue weighted by atomic mass is 10.2. The van der Waals surface area contributed by atoms with Crippen LogP contribution in [0.25, 0.3) is 0 Å². The summed E-state index contributed by atoms with van der Waals surface area (Å²) in [6, 6.07) is -1.01. The van der Waals surface area contributed by atoms with Gasteiger partial charge in [0.25, 0.3) is 0 Å². The normalized spacial score (nSPS) is 18.7. The Bertz CT molecular complexity index is 541. The molecule has 1 aliphatic heterocycles. The van der Waals surface area contributed by atoms with Crippen molar-refractivity contribution in [3.8, 4) is 0 Å². The van der Waals surface area contributed by atoms with Crippen LogP contribution in [0.3, 0.4) is 0 Å². The van der Waals surface area contributed by atoms with E-state index in [0.717, 1.165) is 17.7 Å². The first-order chi connectivity index (χ1) is 11.0. The van der Waals surface area contributed by atoms with Crippen LogP contribution < -0.4 is 10.6 Å². The van der Waals surface area contributed by atoms with Crippen LogP contribution in [0, 0.1) is 0 Å². The number of rotatable bonds is 6. The lowest BCUT2D eigenvalue weighted by Crippen LogP contribution is -2.45. The minimum atomic E-state index is -0.991. The van der Waals surface area contributed by atoms with E-state index in [0.29, 0.717) is 24.3 Å². The van der Waals surface area contributed by atoms with Gasteiger partial charge in [-0.2, -0.15) is 0 Å². The monoisotopic (exact) mass is 324 g/mol. The molecular formula is C14H20N4O5. The molecule has 0 atom stereocenters. The Balaban J connectivity index is 1.93. The second-order valence-electron chi connectivity index (χ2n) is 5.52. The van der Waals surface area contributed by atoms with Crippen molar-refractivity contribution >= 4 is 29.7 Å². The number of hydrogen-bond donors (Lipinski definition) is 2. The maximum absolute atomic E-state index is 12.2. The Morgan fingerprint density at radius 1 is 1.04 bits per heavy atom. The van der Waals surface area contributed by atoms with Crippen molar-refractivity contribution in [1.82, 2.24) is 20.4 Å². The van der Waals surface area contributed by atoms with E-state index < -0.39 is 30.3 Å². The van der Waals surface area contributed by atoms with Gasteiger partial charge in [-0.25, -0.2) is 9.69 Å². The van der Waals surface area contributed by atoms with E-state index in [1.807, 2.05) is 0 Å². The molecule has 1 saturated carbocycles. The molecule has 0 aromatic rings. The summed E-state index contributed by atoms with van der Waals surface area (Å²) in [5.41, 5.74) is 0. The summed E-state index contributed by atoms with van der Waals surface area (Å²) in [6.07, 6.45) is 3.18. The largest absolute Gasteiger partial charge is 0.355 e. The van der Waals surface area contributed by atoms with Crippen LogP contribution in [0.5, 0.6) is 0 Å². The van der Waals surface area contributed by atoms with Crippen molar-refractivity contribution in [1.29, 1.82) is 0 Å². The third kappa shape index (κ3) is 3.66. The molecule has 1 heterocycles. The fraction of sp³-hybridized carbons (Fsp3) is 0.643. The topological polar surface area (TPSA) is 116 Å². The minimum Gasteiger partial charge on any atom is -0.355 e. The Morgan fingerprint density at radius 3 is 2.30 bits per heavy atom. The molecule has 2 N–H and O–H groups in total. The molecule has 1 saturated heterocycles. The standard InChI is InChI=1S/C14H20N4O5/c1-2-15-10(19)7-16-11(20)8-17-12(21)13(22)18(14(17)23)9-5-3-4-6-9/h9H,2-8H2,1H3,(H,15,19)(H,16,20). The van der Waals surface area contributed by atoms with E-state index in [4.69, 9.17) is 0 Å². The average Bonchev–Trinajstić information content (AvgIpc) is 3.09. The van der Waals surface area contributed by atoms with Crippen LogP contribution >= 0.6 is 0 Å². The summed E-state index contributed by atoms with van der Waals surface area (Å²) in [5.74, 6) is -2.91. The zero-order chi connectivity index (χ0) is 17.0. The first-order valence-corrected chi connectivity index (χ1v) is 7.68. The summed E-state index contributed by atoms with van der Waals surface area (Å²) in [6.45, 7) is 1.36. The molecule has 0 aromatic carbocycles. The van der Waals surface area contributed by atoms with Crippen molar-refractivity contribution in [2.45, 2.75) is 38.6 Å². The van der Waals surface area contributed by atoms with Gasteiger partial charge in [0.1, 0.15) is 6.54 Å². The fourth-order valence-electron chi connectivity index (χ4n) is 2.78. The third-order valence-electron chi connectivity index (χ3n) is 3.90. The highest BCUT2D eigenvalue weighted by Crippen LogP contribution is 2.27. The number of carbonyl (C=O) groups is 5. The highest BCUT2D eigenvalue weighted by atomic mass is 16.2. The molecule has 126 valence electrons. The zero-order valence-electron chi connectivity index (χ0n) is 13.0. The van der Waals surface area contributed by atoms with E-state index in [2.05, 4.69) is 10.6 Å². The van der Waals surface area contributed by atoms with Crippen molar-refractivity contribution in [3.63, 3.8) is 0 Å². The Hall–Kier alpha value is -2.45. The van der Waals surface area contributed by atoms with Gasteiger partial charge in [0.2, 0.25) is 11.8 Å². The Kier molecular flexibility index (Phi) is 5.30. The van der Waals surface area contributed by atoms with Crippen molar-refractivity contribution in [2.75, 3.05) is 19.6 Å². The molecule has 2 aliphatic rings. The summed E-state index contributed by atoms with van der Waals surface area (Å²) < 4.78 is 0. The molecular weight excluding hydrogens is 304 g/mol. The fourth-order valence-corrected chi connectivity index (χ4v) is 2.78. The van der Waals surface area contributed by atoms with Gasteiger partial charge in [0.15, 0.2) is 0 Å². The van der Waals surface area contributed by atoms with Crippen LogP contribution in [-0.2, 0) is 19.2 Å². The number of urea groups is 1. The molecule has 2 rings (SSSR count). The van der Waals surface area contributed by atoms with Gasteiger partial charge in [-0.15, -0.1) is 0 Å². The molecule has 9 heteroatoms. The molecule has 23 heavy (non-hydrogen) atoms. The van der Waals surface area contributed by atoms with Crippen LogP contribution in [0.1, 0.15) is 32.6 Å². The number of nitrogens with one attached hydrogen (secondary N) is 2. The first kappa shape index (κ1) is 16.9. The number of carbonyl (C=O) groups excluding carboxylic acids is 5. The molecule has 0 radical (unpaired) electrons. The molecule has 2 fully saturated rings. The van der Waals surface area contributed by atoms with Gasteiger partial charge in [-0.3, -0.25) is 24.1 Å². The number of imide groups is 2. The van der Waals surface area contributed by atoms with Gasteiger partial charge < -0.3 is 10.6 Å². The maximum atomic E-state index is 12.2. The van der Waals surface area contributed by atoms with E-state index in [9.17, 15) is 24.0 Å². The predicted octanol–water partition coefficient (Wildman–Crippen LogP) is -1.03. The summed E-state index contributed by atoms with van der Waals surface area (Å²) in [7, 11) is 0. The Labute approximate surface area is 133 Å². The molecule has 0 spiro atoms. The number of hydrogen-bond acceptors (Lipinski definition) is 5. The zero-order valence-corrected chi connectivity index (χ0v) is 13.0. The molecule has 0 bridgehead atoms. The second kappa shape index (κ2) is 7.21. The van der Waals surface area contributed by atoms with Crippen LogP contribution in [0.15, 0.2) is 0 Å². The molecule has 6 amide bonds. The summed E-state index contributed by atoms with van der Waals surface area (Å²) in [4.78, 5) is 60.7. The predicted molar refractivity (Wildman–Crippen MR) is 77.9 cm³/mol. The number of nitrogens with zero attached hydrogens (tertiary/aromatic N) is 2. The van der Waals surface area contributed by atoms with Gasteiger partial charge in [-0.1, -0.05) is 12.8 Å². The Morgan fingerprint density at radius 2 is 1.70 bits per heavy atom. The van der Waals surface area contributed by atoms with Gasteiger partial charge in [-0.05, 0) is 19.8 Å². The van der Waals surface area contributed by atoms with Gasteiger partial charge >= 0.3 is 17.8 Å². The van der Waals surface area contributed by atoms with Crippen LogP contribution in [0.4, 0.5) is 4.79 Å². The van der Waals surface area contributed by atoms with E-state index in [1.165, 1.54) is 0 Å².